The molecule has 0 aromatic carbocycles. The largest absolute Gasteiger partial charge is 0.466 e. The van der Waals surface area contributed by atoms with Crippen molar-refractivity contribution in [3.8, 4) is 0 Å². The molecule has 0 unspecified atom stereocenters. The molecule has 1 saturated carbocycles. The molecule has 1 fully saturated rings. The Kier molecular flexibility index (Phi) is 3.49. The maximum Gasteiger partial charge on any atom is 0.309 e. The molecule has 0 heterocycles. The summed E-state index contributed by atoms with van der Waals surface area (Å²) in [7, 11) is -3.40. The molecule has 0 spiro atoms. The highest BCUT2D eigenvalue weighted by molar-refractivity contribution is 7.86. The van der Waals surface area contributed by atoms with Crippen molar-refractivity contribution in [2.24, 2.45) is 5.92 Å². The Bertz CT molecular complexity index is 302. The topological polar surface area (TPSA) is 69.7 Å². The van der Waals surface area contributed by atoms with E-state index in [1.54, 1.807) is 6.92 Å². The fourth-order valence-electron chi connectivity index (χ4n) is 1.34. The molecule has 0 radical (unpaired) electrons. The summed E-state index contributed by atoms with van der Waals surface area (Å²) in [5, 5.41) is 0. The van der Waals surface area contributed by atoms with Crippen molar-refractivity contribution in [3.05, 3.63) is 0 Å². The van der Waals surface area contributed by atoms with Gasteiger partial charge >= 0.3 is 5.97 Å². The molecule has 1 aliphatic carbocycles. The van der Waals surface area contributed by atoms with E-state index in [9.17, 15) is 13.2 Å². The molecule has 0 amide bonds. The molecule has 0 aromatic heterocycles. The molecule has 82 valence electrons. The van der Waals surface area contributed by atoms with Gasteiger partial charge < -0.3 is 4.74 Å². The molecular weight excluding hydrogens is 208 g/mol. The van der Waals surface area contributed by atoms with Crippen LogP contribution in [0, 0.1) is 5.92 Å². The summed E-state index contributed by atoms with van der Waals surface area (Å²) in [5.74, 6) is -0.456. The summed E-state index contributed by atoms with van der Waals surface area (Å²) >= 11 is 0. The van der Waals surface area contributed by atoms with E-state index >= 15 is 0 Å². The summed E-state index contributed by atoms with van der Waals surface area (Å²) < 4.78 is 30.9. The quantitative estimate of drug-likeness (QED) is 0.505. The molecule has 0 saturated heterocycles. The molecule has 0 aliphatic heterocycles. The maximum absolute atomic E-state index is 11.1. The van der Waals surface area contributed by atoms with Crippen LogP contribution in [-0.2, 0) is 23.8 Å². The lowest BCUT2D eigenvalue weighted by atomic mass is 9.83. The van der Waals surface area contributed by atoms with Gasteiger partial charge in [-0.25, -0.2) is 0 Å². The van der Waals surface area contributed by atoms with Crippen molar-refractivity contribution in [2.45, 2.75) is 25.9 Å². The maximum atomic E-state index is 11.1. The Morgan fingerprint density at radius 1 is 1.43 bits per heavy atom. The van der Waals surface area contributed by atoms with Crippen molar-refractivity contribution in [3.63, 3.8) is 0 Å². The average Bonchev–Trinajstić information content (AvgIpc) is 1.94. The first-order valence-electron chi connectivity index (χ1n) is 4.47. The first-order valence-corrected chi connectivity index (χ1v) is 6.29. The Labute approximate surface area is 83.5 Å². The molecule has 1 rings (SSSR count). The number of ether oxygens (including phenoxy) is 1. The van der Waals surface area contributed by atoms with E-state index in [1.165, 1.54) is 0 Å². The van der Waals surface area contributed by atoms with E-state index in [2.05, 4.69) is 0 Å². The van der Waals surface area contributed by atoms with Gasteiger partial charge in [-0.05, 0) is 19.8 Å². The van der Waals surface area contributed by atoms with Gasteiger partial charge in [0.05, 0.1) is 24.9 Å². The second kappa shape index (κ2) is 4.27. The fourth-order valence-corrected chi connectivity index (χ4v) is 2.00. The molecule has 6 heteroatoms. The molecule has 0 aromatic rings. The molecule has 0 bridgehead atoms. The number of carbonyl (C=O) groups excluding carboxylic acids is 1. The van der Waals surface area contributed by atoms with Crippen LogP contribution in [0.25, 0.3) is 0 Å². The summed E-state index contributed by atoms with van der Waals surface area (Å²) in [6, 6.07) is 0. The van der Waals surface area contributed by atoms with Gasteiger partial charge in [-0.3, -0.25) is 8.98 Å². The third kappa shape index (κ3) is 3.26. The minimum absolute atomic E-state index is 0.193. The van der Waals surface area contributed by atoms with Gasteiger partial charge in [-0.2, -0.15) is 8.42 Å². The number of esters is 1. The highest BCUT2D eigenvalue weighted by Crippen LogP contribution is 2.31. The van der Waals surface area contributed by atoms with Gasteiger partial charge in [-0.1, -0.05) is 0 Å². The van der Waals surface area contributed by atoms with Crippen LogP contribution in [0.3, 0.4) is 0 Å². The number of carbonyl (C=O) groups is 1. The normalized spacial score (nSPS) is 26.7. The van der Waals surface area contributed by atoms with E-state index in [0.29, 0.717) is 19.4 Å². The van der Waals surface area contributed by atoms with Crippen LogP contribution >= 0.6 is 0 Å². The van der Waals surface area contributed by atoms with Crippen LogP contribution in [0.4, 0.5) is 0 Å². The minimum Gasteiger partial charge on any atom is -0.466 e. The average molecular weight is 222 g/mol. The predicted molar refractivity (Wildman–Crippen MR) is 49.1 cm³/mol. The van der Waals surface area contributed by atoms with Gasteiger partial charge in [-0.15, -0.1) is 0 Å². The van der Waals surface area contributed by atoms with Crippen molar-refractivity contribution < 1.29 is 22.1 Å². The van der Waals surface area contributed by atoms with Gasteiger partial charge in [0, 0.05) is 0 Å². The lowest BCUT2D eigenvalue weighted by molar-refractivity contribution is -0.154. The van der Waals surface area contributed by atoms with Crippen LogP contribution in [-0.4, -0.2) is 33.4 Å². The number of rotatable bonds is 4. The highest BCUT2D eigenvalue weighted by Gasteiger charge is 2.38. The van der Waals surface area contributed by atoms with E-state index in [-0.39, 0.29) is 18.0 Å². The SMILES string of the molecule is CCOC(=O)C1CC(OS(C)(=O)=O)C1. The van der Waals surface area contributed by atoms with Crippen molar-refractivity contribution in [1.82, 2.24) is 0 Å². The van der Waals surface area contributed by atoms with E-state index < -0.39 is 10.1 Å². The zero-order valence-electron chi connectivity index (χ0n) is 8.23. The highest BCUT2D eigenvalue weighted by atomic mass is 32.2. The van der Waals surface area contributed by atoms with Crippen LogP contribution in [0.1, 0.15) is 19.8 Å². The van der Waals surface area contributed by atoms with E-state index in [1.807, 2.05) is 0 Å². The van der Waals surface area contributed by atoms with Crippen molar-refractivity contribution in [2.75, 3.05) is 12.9 Å². The van der Waals surface area contributed by atoms with Crippen LogP contribution in [0.5, 0.6) is 0 Å². The number of hydrogen-bond donors (Lipinski definition) is 0. The monoisotopic (exact) mass is 222 g/mol. The van der Waals surface area contributed by atoms with Gasteiger partial charge in [0.1, 0.15) is 0 Å². The third-order valence-corrected chi connectivity index (χ3v) is 2.65. The number of hydrogen-bond acceptors (Lipinski definition) is 5. The summed E-state index contributed by atoms with van der Waals surface area (Å²) in [6.45, 7) is 2.09. The van der Waals surface area contributed by atoms with Crippen LogP contribution < -0.4 is 0 Å². The first kappa shape index (κ1) is 11.5. The van der Waals surface area contributed by atoms with Crippen molar-refractivity contribution in [1.29, 1.82) is 0 Å². The van der Waals surface area contributed by atoms with Crippen molar-refractivity contribution >= 4 is 16.1 Å². The van der Waals surface area contributed by atoms with Crippen LogP contribution in [0.15, 0.2) is 0 Å². The van der Waals surface area contributed by atoms with E-state index in [0.717, 1.165) is 6.26 Å². The van der Waals surface area contributed by atoms with Gasteiger partial charge in [0.25, 0.3) is 10.1 Å². The Hall–Kier alpha value is -0.620. The van der Waals surface area contributed by atoms with Gasteiger partial charge in [0.2, 0.25) is 0 Å². The molecule has 0 N–H and O–H groups in total. The Balaban J connectivity index is 2.27. The third-order valence-electron chi connectivity index (χ3n) is 2.03. The minimum atomic E-state index is -3.40. The van der Waals surface area contributed by atoms with E-state index in [4.69, 9.17) is 8.92 Å². The predicted octanol–water partition coefficient (Wildman–Crippen LogP) is 0.304. The second-order valence-electron chi connectivity index (χ2n) is 3.34. The summed E-state index contributed by atoms with van der Waals surface area (Å²) in [6.07, 6.45) is 1.53. The standard InChI is InChI=1S/C8H14O5S/c1-3-12-8(9)6-4-7(5-6)13-14(2,10)11/h6-7H,3-5H2,1-2H3. The summed E-state index contributed by atoms with van der Waals surface area (Å²) in [4.78, 5) is 11.1. The lowest BCUT2D eigenvalue weighted by Crippen LogP contribution is -2.38. The Morgan fingerprint density at radius 3 is 2.43 bits per heavy atom. The molecule has 5 nitrogen and oxygen atoms in total. The first-order chi connectivity index (χ1) is 6.42. The lowest BCUT2D eigenvalue weighted by Gasteiger charge is -2.31. The smallest absolute Gasteiger partial charge is 0.309 e. The van der Waals surface area contributed by atoms with Gasteiger partial charge in [0.15, 0.2) is 0 Å². The second-order valence-corrected chi connectivity index (χ2v) is 4.94. The zero-order chi connectivity index (χ0) is 10.8. The molecule has 0 atom stereocenters. The zero-order valence-corrected chi connectivity index (χ0v) is 9.04. The molecule has 14 heavy (non-hydrogen) atoms. The molecular formula is C8H14O5S. The Morgan fingerprint density at radius 2 is 2.00 bits per heavy atom. The molecule has 1 aliphatic rings. The van der Waals surface area contributed by atoms with Crippen LogP contribution in [0.2, 0.25) is 0 Å². The summed E-state index contributed by atoms with van der Waals surface area (Å²) in [5.41, 5.74) is 0. The fraction of sp³-hybridized carbons (Fsp3) is 0.875.